The summed E-state index contributed by atoms with van der Waals surface area (Å²) < 4.78 is 0. The second-order valence-corrected chi connectivity index (χ2v) is 2.51. The van der Waals surface area contributed by atoms with Crippen molar-refractivity contribution >= 4 is 18.2 Å². The van der Waals surface area contributed by atoms with Crippen LogP contribution in [0.4, 0.5) is 0 Å². The molecule has 4 heteroatoms. The molecule has 0 saturated heterocycles. The van der Waals surface area contributed by atoms with Crippen LogP contribution in [0.15, 0.2) is 29.2 Å². The molecule has 0 atom stereocenters. The Hall–Kier alpha value is -0.840. The maximum atomic E-state index is 10.2. The first-order valence-electron chi connectivity index (χ1n) is 3.23. The van der Waals surface area contributed by atoms with Crippen molar-refractivity contribution in [3.8, 4) is 0 Å². The second kappa shape index (κ2) is 6.84. The average molecular weight is 185 g/mol. The molecule has 0 bridgehead atoms. The maximum Gasteiger partial charge on any atom is 0.150 e. The Kier molecular flexibility index (Phi) is 6.37. The molecule has 1 aromatic carbocycles. The Morgan fingerprint density at radius 1 is 1.33 bits per heavy atom. The van der Waals surface area contributed by atoms with E-state index < -0.39 is 0 Å². The molecule has 12 heavy (non-hydrogen) atoms. The smallest absolute Gasteiger partial charge is 0.150 e. The summed E-state index contributed by atoms with van der Waals surface area (Å²) in [4.78, 5) is 11.1. The fourth-order valence-electron chi connectivity index (χ4n) is 0.625. The highest BCUT2D eigenvalue weighted by Crippen LogP contribution is 2.10. The monoisotopic (exact) mass is 185 g/mol. The summed E-state index contributed by atoms with van der Waals surface area (Å²) >= 11 is 1.17. The van der Waals surface area contributed by atoms with Gasteiger partial charge in [0.2, 0.25) is 0 Å². The lowest BCUT2D eigenvalue weighted by atomic mass is 10.2. The molecule has 0 aliphatic heterocycles. The Morgan fingerprint density at radius 3 is 2.17 bits per heavy atom. The van der Waals surface area contributed by atoms with Crippen LogP contribution in [0.2, 0.25) is 0 Å². The number of hydrogen-bond donors (Lipinski definition) is 2. The standard InChI is InChI=1S/C7H7NOS.CH4O/c8-10-7-3-1-6(5-9)2-4-7;1-2/h1-5H,8H2;2H,1H3. The Morgan fingerprint density at radius 2 is 1.83 bits per heavy atom. The van der Waals surface area contributed by atoms with E-state index in [1.54, 1.807) is 12.1 Å². The minimum absolute atomic E-state index is 0.679. The molecule has 3 N–H and O–H groups in total. The fraction of sp³-hybridized carbons (Fsp3) is 0.125. The van der Waals surface area contributed by atoms with Crippen LogP contribution in [0.3, 0.4) is 0 Å². The van der Waals surface area contributed by atoms with Crippen LogP contribution in [0.1, 0.15) is 10.4 Å². The van der Waals surface area contributed by atoms with Crippen LogP contribution < -0.4 is 5.14 Å². The van der Waals surface area contributed by atoms with Crippen LogP contribution in [0.25, 0.3) is 0 Å². The normalized spacial score (nSPS) is 8.25. The van der Waals surface area contributed by atoms with E-state index in [2.05, 4.69) is 0 Å². The van der Waals surface area contributed by atoms with Gasteiger partial charge in [-0.15, -0.1) is 0 Å². The van der Waals surface area contributed by atoms with Gasteiger partial charge < -0.3 is 5.11 Å². The number of aliphatic hydroxyl groups excluding tert-OH is 1. The van der Waals surface area contributed by atoms with Crippen LogP contribution >= 0.6 is 11.9 Å². The van der Waals surface area contributed by atoms with Gasteiger partial charge >= 0.3 is 0 Å². The van der Waals surface area contributed by atoms with E-state index in [9.17, 15) is 4.79 Å². The average Bonchev–Trinajstić information content (AvgIpc) is 2.21. The van der Waals surface area contributed by atoms with Gasteiger partial charge in [-0.05, 0) is 24.1 Å². The summed E-state index contributed by atoms with van der Waals surface area (Å²) in [6.07, 6.45) is 0.810. The van der Waals surface area contributed by atoms with Crippen molar-refractivity contribution in [3.63, 3.8) is 0 Å². The predicted molar refractivity (Wildman–Crippen MR) is 50.0 cm³/mol. The summed E-state index contributed by atoms with van der Waals surface area (Å²) in [5.41, 5.74) is 0.679. The van der Waals surface area contributed by atoms with E-state index in [1.807, 2.05) is 12.1 Å². The zero-order chi connectivity index (χ0) is 9.40. The van der Waals surface area contributed by atoms with Gasteiger partial charge in [-0.1, -0.05) is 12.1 Å². The predicted octanol–water partition coefficient (Wildman–Crippen LogP) is 1.07. The number of hydrogen-bond acceptors (Lipinski definition) is 4. The van der Waals surface area contributed by atoms with Gasteiger partial charge in [-0.25, -0.2) is 0 Å². The van der Waals surface area contributed by atoms with Crippen LogP contribution in [-0.4, -0.2) is 18.5 Å². The van der Waals surface area contributed by atoms with E-state index in [0.29, 0.717) is 5.56 Å². The molecule has 1 rings (SSSR count). The number of carbonyl (C=O) groups excluding carboxylic acids is 1. The molecular weight excluding hydrogens is 174 g/mol. The van der Waals surface area contributed by atoms with E-state index in [1.165, 1.54) is 11.9 Å². The van der Waals surface area contributed by atoms with E-state index in [4.69, 9.17) is 10.2 Å². The lowest BCUT2D eigenvalue weighted by Crippen LogP contribution is -1.81. The molecule has 1 aromatic rings. The van der Waals surface area contributed by atoms with E-state index in [0.717, 1.165) is 18.3 Å². The second-order valence-electron chi connectivity index (χ2n) is 1.80. The van der Waals surface area contributed by atoms with Crippen molar-refractivity contribution in [2.45, 2.75) is 4.90 Å². The third-order valence-electron chi connectivity index (χ3n) is 1.15. The molecule has 0 aromatic heterocycles. The van der Waals surface area contributed by atoms with Crippen molar-refractivity contribution < 1.29 is 9.90 Å². The molecule has 0 heterocycles. The molecule has 0 amide bonds. The van der Waals surface area contributed by atoms with Crippen molar-refractivity contribution in [3.05, 3.63) is 29.8 Å². The van der Waals surface area contributed by atoms with Gasteiger partial charge in [0, 0.05) is 17.6 Å². The molecule has 0 radical (unpaired) electrons. The van der Waals surface area contributed by atoms with Gasteiger partial charge in [0.1, 0.15) is 6.29 Å². The Labute approximate surface area is 75.7 Å². The van der Waals surface area contributed by atoms with Crippen molar-refractivity contribution in [1.29, 1.82) is 0 Å². The molecule has 0 aliphatic rings. The highest BCUT2D eigenvalue weighted by Gasteiger charge is 1.89. The minimum Gasteiger partial charge on any atom is -0.400 e. The summed E-state index contributed by atoms with van der Waals surface area (Å²) in [6.45, 7) is 0. The summed E-state index contributed by atoms with van der Waals surface area (Å²) in [5, 5.41) is 12.3. The van der Waals surface area contributed by atoms with Gasteiger partial charge in [0.05, 0.1) is 0 Å². The highest BCUT2D eigenvalue weighted by molar-refractivity contribution is 7.97. The lowest BCUT2D eigenvalue weighted by Gasteiger charge is -1.93. The molecule has 0 unspecified atom stereocenters. The number of aliphatic hydroxyl groups is 1. The maximum absolute atomic E-state index is 10.2. The topological polar surface area (TPSA) is 63.3 Å². The SMILES string of the molecule is CO.NSc1ccc(C=O)cc1. The van der Waals surface area contributed by atoms with E-state index in [-0.39, 0.29) is 0 Å². The molecule has 0 fully saturated rings. The molecular formula is C8H11NO2S. The Bertz CT molecular complexity index is 223. The van der Waals surface area contributed by atoms with Crippen LogP contribution in [0, 0.1) is 0 Å². The zero-order valence-electron chi connectivity index (χ0n) is 6.73. The molecule has 0 spiro atoms. The lowest BCUT2D eigenvalue weighted by molar-refractivity contribution is 0.112. The van der Waals surface area contributed by atoms with Crippen molar-refractivity contribution in [2.75, 3.05) is 7.11 Å². The number of nitrogens with two attached hydrogens (primary N) is 1. The largest absolute Gasteiger partial charge is 0.400 e. The third-order valence-corrected chi connectivity index (χ3v) is 1.70. The Balaban J connectivity index is 0.000000561. The van der Waals surface area contributed by atoms with Crippen LogP contribution in [-0.2, 0) is 0 Å². The van der Waals surface area contributed by atoms with Gasteiger partial charge in [0.15, 0.2) is 0 Å². The third kappa shape index (κ3) is 3.52. The van der Waals surface area contributed by atoms with Crippen molar-refractivity contribution in [2.24, 2.45) is 5.14 Å². The summed E-state index contributed by atoms with van der Waals surface area (Å²) in [6, 6.07) is 7.10. The summed E-state index contributed by atoms with van der Waals surface area (Å²) in [5.74, 6) is 0. The van der Waals surface area contributed by atoms with Gasteiger partial charge in [-0.3, -0.25) is 9.93 Å². The minimum atomic E-state index is 0.679. The number of benzene rings is 1. The molecule has 0 aliphatic carbocycles. The summed E-state index contributed by atoms with van der Waals surface area (Å²) in [7, 11) is 1.00. The molecule has 0 saturated carbocycles. The highest BCUT2D eigenvalue weighted by atomic mass is 32.2. The first-order valence-corrected chi connectivity index (χ1v) is 4.11. The number of rotatable bonds is 2. The van der Waals surface area contributed by atoms with Crippen molar-refractivity contribution in [1.82, 2.24) is 0 Å². The first-order chi connectivity index (χ1) is 5.86. The van der Waals surface area contributed by atoms with Crippen LogP contribution in [0.5, 0.6) is 0 Å². The molecule has 3 nitrogen and oxygen atoms in total. The zero-order valence-corrected chi connectivity index (χ0v) is 7.54. The first kappa shape index (κ1) is 11.2. The van der Waals surface area contributed by atoms with Gasteiger partial charge in [-0.2, -0.15) is 0 Å². The molecule has 66 valence electrons. The number of aldehydes is 1. The number of carbonyl (C=O) groups is 1. The van der Waals surface area contributed by atoms with E-state index >= 15 is 0 Å². The van der Waals surface area contributed by atoms with Gasteiger partial charge in [0.25, 0.3) is 0 Å². The fourth-order valence-corrected chi connectivity index (χ4v) is 0.918. The quantitative estimate of drug-likeness (QED) is 0.534.